The number of fused-ring (bicyclic) bond motifs is 1. The van der Waals surface area contributed by atoms with Crippen LogP contribution in [0.15, 0.2) is 36.7 Å². The van der Waals surface area contributed by atoms with Crippen LogP contribution in [-0.2, 0) is 0 Å². The minimum absolute atomic E-state index is 0.0769. The van der Waals surface area contributed by atoms with E-state index in [0.29, 0.717) is 22.8 Å². The molecule has 1 fully saturated rings. The summed E-state index contributed by atoms with van der Waals surface area (Å²) in [6.45, 7) is 0.686. The average Bonchev–Trinajstić information content (AvgIpc) is 3.35. The predicted octanol–water partition coefficient (Wildman–Crippen LogP) is 3.74. The van der Waals surface area contributed by atoms with E-state index in [9.17, 15) is 13.9 Å². The summed E-state index contributed by atoms with van der Waals surface area (Å²) in [5.41, 5.74) is 3.73. The van der Waals surface area contributed by atoms with Crippen molar-refractivity contribution in [1.29, 1.82) is 0 Å². The van der Waals surface area contributed by atoms with Crippen molar-refractivity contribution < 1.29 is 23.4 Å². The van der Waals surface area contributed by atoms with Crippen molar-refractivity contribution >= 4 is 11.3 Å². The molecule has 1 atom stereocenters. The molecule has 4 rings (SSSR count). The number of imidazole rings is 1. The van der Waals surface area contributed by atoms with Crippen LogP contribution in [0, 0.1) is 12.8 Å². The van der Waals surface area contributed by atoms with Crippen LogP contribution in [0.4, 0.5) is 14.5 Å². The lowest BCUT2D eigenvalue weighted by Crippen LogP contribution is -2.20. The molecule has 1 unspecified atom stereocenters. The second-order valence-corrected chi connectivity index (χ2v) is 7.22. The van der Waals surface area contributed by atoms with Gasteiger partial charge in [0.1, 0.15) is 17.1 Å². The normalized spacial score (nSPS) is 16.8. The van der Waals surface area contributed by atoms with Crippen molar-refractivity contribution in [2.24, 2.45) is 5.92 Å². The third-order valence-electron chi connectivity index (χ3n) is 5.45. The molecule has 154 valence electrons. The minimum Gasteiger partial charge on any atom is -0.496 e. The number of pyridine rings is 1. The fourth-order valence-corrected chi connectivity index (χ4v) is 3.84. The Morgan fingerprint density at radius 3 is 2.76 bits per heavy atom. The van der Waals surface area contributed by atoms with Crippen LogP contribution in [0.25, 0.3) is 16.9 Å². The lowest BCUT2D eigenvalue weighted by atomic mass is 10.1. The Kier molecular flexibility index (Phi) is 5.27. The molecule has 6 nitrogen and oxygen atoms in total. The Balaban J connectivity index is 1.71. The summed E-state index contributed by atoms with van der Waals surface area (Å²) < 4.78 is 37.5. The summed E-state index contributed by atoms with van der Waals surface area (Å²) in [7, 11) is 1.49. The number of halogens is 2. The van der Waals surface area contributed by atoms with Crippen LogP contribution in [-0.4, -0.2) is 47.9 Å². The fourth-order valence-electron chi connectivity index (χ4n) is 3.84. The van der Waals surface area contributed by atoms with Gasteiger partial charge < -0.3 is 19.5 Å². The van der Waals surface area contributed by atoms with E-state index in [1.807, 2.05) is 22.7 Å². The van der Waals surface area contributed by atoms with Gasteiger partial charge in [0.25, 0.3) is 0 Å². The van der Waals surface area contributed by atoms with Crippen molar-refractivity contribution in [3.63, 3.8) is 0 Å². The number of alkyl halides is 2. The van der Waals surface area contributed by atoms with Gasteiger partial charge in [0.2, 0.25) is 0 Å². The Morgan fingerprint density at radius 2 is 2.07 bits per heavy atom. The fraction of sp³-hybridized carbons (Fsp3) is 0.381. The van der Waals surface area contributed by atoms with Crippen molar-refractivity contribution in [3.8, 4) is 22.8 Å². The largest absolute Gasteiger partial charge is 0.496 e. The van der Waals surface area contributed by atoms with Crippen molar-refractivity contribution in [1.82, 2.24) is 9.38 Å². The topological polar surface area (TPSA) is 59.2 Å². The smallest absolute Gasteiger partial charge is 0.387 e. The molecule has 1 saturated heterocycles. The number of methoxy groups -OCH3 is 1. The molecule has 0 spiro atoms. The van der Waals surface area contributed by atoms with Gasteiger partial charge in [-0.3, -0.25) is 4.40 Å². The number of rotatable bonds is 6. The van der Waals surface area contributed by atoms with E-state index in [0.717, 1.165) is 36.5 Å². The number of benzene rings is 1. The van der Waals surface area contributed by atoms with Crippen molar-refractivity contribution in [2.45, 2.75) is 20.0 Å². The summed E-state index contributed by atoms with van der Waals surface area (Å²) in [4.78, 5) is 6.73. The van der Waals surface area contributed by atoms with Crippen LogP contribution < -0.4 is 14.4 Å². The number of aliphatic hydroxyl groups is 1. The molecule has 29 heavy (non-hydrogen) atoms. The highest BCUT2D eigenvalue weighted by Gasteiger charge is 2.22. The summed E-state index contributed by atoms with van der Waals surface area (Å²) in [5.74, 6) is 0.847. The first-order valence-corrected chi connectivity index (χ1v) is 9.47. The Bertz CT molecular complexity index is 1020. The number of ether oxygens (including phenoxy) is 2. The molecule has 1 aliphatic rings. The second-order valence-electron chi connectivity index (χ2n) is 7.22. The van der Waals surface area contributed by atoms with Gasteiger partial charge in [-0.25, -0.2) is 4.98 Å². The molecule has 0 bridgehead atoms. The molecule has 0 radical (unpaired) electrons. The average molecular weight is 403 g/mol. The maximum Gasteiger partial charge on any atom is 0.387 e. The standard InChI is InChI=1S/C21H23F2N3O3/c1-13-18(28-2)7-15(8-19(13)29-21(22)23)17-10-24-20-9-16(4-6-26(17)20)25-5-3-14(11-25)12-27/h4,6-10,14,21,27H,3,5,11-12H2,1-2H3. The Labute approximate surface area is 167 Å². The van der Waals surface area contributed by atoms with Crippen LogP contribution in [0.3, 0.4) is 0 Å². The molecule has 2 aromatic heterocycles. The van der Waals surface area contributed by atoms with Gasteiger partial charge in [-0.05, 0) is 31.5 Å². The number of aliphatic hydroxyl groups excluding tert-OH is 1. The number of aromatic nitrogens is 2. The first-order chi connectivity index (χ1) is 14.0. The third-order valence-corrected chi connectivity index (χ3v) is 5.45. The van der Waals surface area contributed by atoms with E-state index >= 15 is 0 Å². The Hall–Kier alpha value is -2.87. The first kappa shape index (κ1) is 19.4. The molecule has 0 aliphatic carbocycles. The second kappa shape index (κ2) is 7.87. The monoisotopic (exact) mass is 403 g/mol. The molecule has 3 heterocycles. The highest BCUT2D eigenvalue weighted by molar-refractivity contribution is 5.70. The van der Waals surface area contributed by atoms with Gasteiger partial charge in [-0.15, -0.1) is 0 Å². The third kappa shape index (κ3) is 3.72. The maximum absolute atomic E-state index is 12.8. The van der Waals surface area contributed by atoms with E-state index in [4.69, 9.17) is 4.74 Å². The first-order valence-electron chi connectivity index (χ1n) is 9.47. The zero-order chi connectivity index (χ0) is 20.5. The highest BCUT2D eigenvalue weighted by Crippen LogP contribution is 2.36. The zero-order valence-electron chi connectivity index (χ0n) is 16.3. The lowest BCUT2D eigenvalue weighted by Gasteiger charge is -2.18. The van der Waals surface area contributed by atoms with Crippen LogP contribution in [0.5, 0.6) is 11.5 Å². The van der Waals surface area contributed by atoms with Crippen LogP contribution >= 0.6 is 0 Å². The number of nitrogens with zero attached hydrogens (tertiary/aromatic N) is 3. The van der Waals surface area contributed by atoms with Crippen LogP contribution in [0.2, 0.25) is 0 Å². The predicted molar refractivity (Wildman–Crippen MR) is 106 cm³/mol. The lowest BCUT2D eigenvalue weighted by molar-refractivity contribution is -0.0503. The van der Waals surface area contributed by atoms with Gasteiger partial charge in [0, 0.05) is 54.7 Å². The van der Waals surface area contributed by atoms with Gasteiger partial charge in [0.05, 0.1) is 19.0 Å². The van der Waals surface area contributed by atoms with Gasteiger partial charge in [-0.1, -0.05) is 0 Å². The summed E-state index contributed by atoms with van der Waals surface area (Å²) >= 11 is 0. The summed E-state index contributed by atoms with van der Waals surface area (Å²) in [6, 6.07) is 7.36. The number of anilines is 1. The molecule has 0 saturated carbocycles. The van der Waals surface area contributed by atoms with Crippen molar-refractivity contribution in [2.75, 3.05) is 31.7 Å². The van der Waals surface area contributed by atoms with E-state index in [1.54, 1.807) is 25.3 Å². The summed E-state index contributed by atoms with van der Waals surface area (Å²) in [6.07, 6.45) is 4.59. The van der Waals surface area contributed by atoms with E-state index in [-0.39, 0.29) is 12.4 Å². The van der Waals surface area contributed by atoms with Gasteiger partial charge >= 0.3 is 6.61 Å². The molecule has 3 aromatic rings. The van der Waals surface area contributed by atoms with Crippen LogP contribution in [0.1, 0.15) is 12.0 Å². The number of hydrogen-bond donors (Lipinski definition) is 1. The van der Waals surface area contributed by atoms with Gasteiger partial charge in [0.15, 0.2) is 0 Å². The van der Waals surface area contributed by atoms with E-state index in [2.05, 4.69) is 14.6 Å². The molecule has 1 aromatic carbocycles. The molecule has 1 N–H and O–H groups in total. The minimum atomic E-state index is -2.92. The Morgan fingerprint density at radius 1 is 1.28 bits per heavy atom. The summed E-state index contributed by atoms with van der Waals surface area (Å²) in [5, 5.41) is 9.36. The molecular weight excluding hydrogens is 380 g/mol. The molecular formula is C21H23F2N3O3. The van der Waals surface area contributed by atoms with E-state index < -0.39 is 6.61 Å². The number of hydrogen-bond acceptors (Lipinski definition) is 5. The molecule has 0 amide bonds. The quantitative estimate of drug-likeness (QED) is 0.680. The molecule has 8 heteroatoms. The van der Waals surface area contributed by atoms with E-state index in [1.165, 1.54) is 7.11 Å². The molecule has 1 aliphatic heterocycles. The maximum atomic E-state index is 12.8. The van der Waals surface area contributed by atoms with Crippen molar-refractivity contribution in [3.05, 3.63) is 42.2 Å². The van der Waals surface area contributed by atoms with Gasteiger partial charge in [-0.2, -0.15) is 8.78 Å². The SMILES string of the molecule is COc1cc(-c2cnc3cc(N4CCC(CO)C4)ccn23)cc(OC(F)F)c1C. The highest BCUT2D eigenvalue weighted by atomic mass is 19.3. The zero-order valence-corrected chi connectivity index (χ0v) is 16.3.